The van der Waals surface area contributed by atoms with Crippen LogP contribution < -0.4 is 5.32 Å². The van der Waals surface area contributed by atoms with E-state index in [-0.39, 0.29) is 11.8 Å². The number of hydrogen-bond donors (Lipinski definition) is 1. The van der Waals surface area contributed by atoms with Crippen LogP contribution in [0, 0.1) is 6.92 Å². The van der Waals surface area contributed by atoms with E-state index in [1.165, 1.54) is 5.56 Å². The second-order valence-corrected chi connectivity index (χ2v) is 7.04. The average molecular weight is 384 g/mol. The zero-order chi connectivity index (χ0) is 18.5. The zero-order valence-corrected chi connectivity index (χ0v) is 15.9. The van der Waals surface area contributed by atoms with Crippen LogP contribution in [0.15, 0.2) is 72.8 Å². The summed E-state index contributed by atoms with van der Waals surface area (Å²) in [5.74, 6) is 0.0706. The summed E-state index contributed by atoms with van der Waals surface area (Å²) < 4.78 is 0. The second-order valence-electron chi connectivity index (χ2n) is 6.23. The third-order valence-corrected chi connectivity index (χ3v) is 4.96. The Morgan fingerprint density at radius 3 is 2.27 bits per heavy atom. The minimum absolute atomic E-state index is 0.0706. The summed E-state index contributed by atoms with van der Waals surface area (Å²) in [5.41, 5.74) is 3.75. The van der Waals surface area contributed by atoms with Gasteiger partial charge in [-0.15, -0.1) is 0 Å². The van der Waals surface area contributed by atoms with Crippen LogP contribution >= 0.6 is 23.2 Å². The van der Waals surface area contributed by atoms with Crippen molar-refractivity contribution in [3.8, 4) is 0 Å². The highest BCUT2D eigenvalue weighted by atomic mass is 35.5. The van der Waals surface area contributed by atoms with Gasteiger partial charge in [0.05, 0.1) is 16.1 Å². The molecule has 26 heavy (non-hydrogen) atoms. The second kappa shape index (κ2) is 8.39. The molecule has 2 nitrogen and oxygen atoms in total. The highest BCUT2D eigenvalue weighted by Crippen LogP contribution is 2.30. The number of hydrogen-bond acceptors (Lipinski definition) is 2. The predicted octanol–water partition coefficient (Wildman–Crippen LogP) is 6.73. The van der Waals surface area contributed by atoms with Crippen molar-refractivity contribution in [2.45, 2.75) is 19.4 Å². The summed E-state index contributed by atoms with van der Waals surface area (Å²) in [6.07, 6.45) is 0.315. The van der Waals surface area contributed by atoms with Crippen LogP contribution in [-0.2, 0) is 0 Å². The Morgan fingerprint density at radius 1 is 0.923 bits per heavy atom. The lowest BCUT2D eigenvalue weighted by Crippen LogP contribution is -2.16. The van der Waals surface area contributed by atoms with Crippen LogP contribution in [0.3, 0.4) is 0 Å². The van der Waals surface area contributed by atoms with Crippen LogP contribution in [-0.4, -0.2) is 5.78 Å². The molecule has 0 saturated carbocycles. The van der Waals surface area contributed by atoms with Gasteiger partial charge in [0.1, 0.15) is 0 Å². The minimum atomic E-state index is -0.208. The first-order valence-corrected chi connectivity index (χ1v) is 9.15. The first kappa shape index (κ1) is 18.5. The molecular weight excluding hydrogens is 365 g/mol. The Kier molecular flexibility index (Phi) is 5.97. The first-order chi connectivity index (χ1) is 12.5. The van der Waals surface area contributed by atoms with E-state index in [2.05, 4.69) is 5.32 Å². The van der Waals surface area contributed by atoms with E-state index in [1.54, 1.807) is 6.07 Å². The quantitative estimate of drug-likeness (QED) is 0.478. The summed E-state index contributed by atoms with van der Waals surface area (Å²) in [6, 6.07) is 22.7. The molecule has 0 amide bonds. The van der Waals surface area contributed by atoms with Crippen LogP contribution in [0.4, 0.5) is 5.69 Å². The summed E-state index contributed by atoms with van der Waals surface area (Å²) >= 11 is 12.2. The molecule has 0 bridgehead atoms. The average Bonchev–Trinajstić information content (AvgIpc) is 2.66. The molecule has 1 unspecified atom stereocenters. The lowest BCUT2D eigenvalue weighted by Gasteiger charge is -2.21. The van der Waals surface area contributed by atoms with E-state index < -0.39 is 0 Å². The Bertz CT molecular complexity index is 892. The molecule has 0 saturated heterocycles. The van der Waals surface area contributed by atoms with Gasteiger partial charge in [-0.1, -0.05) is 77.3 Å². The fourth-order valence-corrected chi connectivity index (χ4v) is 3.07. The molecule has 0 spiro atoms. The van der Waals surface area contributed by atoms with E-state index in [9.17, 15) is 4.79 Å². The van der Waals surface area contributed by atoms with Crippen LogP contribution in [0.1, 0.15) is 33.9 Å². The number of carbonyl (C=O) groups excluding carboxylic acids is 1. The number of rotatable bonds is 6. The molecule has 0 aliphatic carbocycles. The van der Waals surface area contributed by atoms with E-state index >= 15 is 0 Å². The molecule has 3 aromatic rings. The maximum atomic E-state index is 12.7. The van der Waals surface area contributed by atoms with Gasteiger partial charge in [0, 0.05) is 17.7 Å². The van der Waals surface area contributed by atoms with Crippen molar-refractivity contribution in [1.29, 1.82) is 0 Å². The molecule has 3 rings (SSSR count). The van der Waals surface area contributed by atoms with E-state index in [4.69, 9.17) is 23.2 Å². The van der Waals surface area contributed by atoms with Crippen LogP contribution in [0.5, 0.6) is 0 Å². The number of aryl methyl sites for hydroxylation is 1. The normalized spacial score (nSPS) is 11.8. The standard InChI is InChI=1S/C22H19Cl2NO/c1-15-7-10-18(11-8-15)25-21(17-9-12-19(23)20(24)13-17)14-22(26)16-5-3-2-4-6-16/h2-13,21,25H,14H2,1H3. The van der Waals surface area contributed by atoms with Gasteiger partial charge in [0.2, 0.25) is 0 Å². The van der Waals surface area contributed by atoms with Crippen molar-refractivity contribution in [3.05, 3.63) is 99.5 Å². The summed E-state index contributed by atoms with van der Waals surface area (Å²) in [7, 11) is 0. The number of ketones is 1. The fourth-order valence-electron chi connectivity index (χ4n) is 2.76. The van der Waals surface area contributed by atoms with Crippen LogP contribution in [0.25, 0.3) is 0 Å². The third kappa shape index (κ3) is 4.66. The Balaban J connectivity index is 1.88. The Morgan fingerprint density at radius 2 is 1.62 bits per heavy atom. The number of anilines is 1. The van der Waals surface area contributed by atoms with Gasteiger partial charge in [-0.2, -0.15) is 0 Å². The molecule has 0 heterocycles. The topological polar surface area (TPSA) is 29.1 Å². The highest BCUT2D eigenvalue weighted by molar-refractivity contribution is 6.42. The van der Waals surface area contributed by atoms with Crippen molar-refractivity contribution in [2.24, 2.45) is 0 Å². The van der Waals surface area contributed by atoms with Crippen LogP contribution in [0.2, 0.25) is 10.0 Å². The molecule has 0 aliphatic rings. The number of nitrogens with one attached hydrogen (secondary N) is 1. The first-order valence-electron chi connectivity index (χ1n) is 8.39. The molecule has 3 aromatic carbocycles. The van der Waals surface area contributed by atoms with Crippen molar-refractivity contribution in [2.75, 3.05) is 5.32 Å². The highest BCUT2D eigenvalue weighted by Gasteiger charge is 2.18. The molecule has 0 radical (unpaired) electrons. The van der Waals surface area contributed by atoms with Crippen molar-refractivity contribution < 1.29 is 4.79 Å². The zero-order valence-electron chi connectivity index (χ0n) is 14.4. The Hall–Kier alpha value is -2.29. The summed E-state index contributed by atoms with van der Waals surface area (Å²) in [4.78, 5) is 12.7. The van der Waals surface area contributed by atoms with E-state index in [0.29, 0.717) is 22.0 Å². The lowest BCUT2D eigenvalue weighted by molar-refractivity contribution is 0.0976. The molecule has 132 valence electrons. The minimum Gasteiger partial charge on any atom is -0.378 e. The largest absolute Gasteiger partial charge is 0.378 e. The van der Waals surface area contributed by atoms with E-state index in [1.807, 2.05) is 73.7 Å². The summed E-state index contributed by atoms with van der Waals surface area (Å²) in [5, 5.41) is 4.43. The lowest BCUT2D eigenvalue weighted by atomic mass is 9.97. The number of halogens is 2. The number of benzene rings is 3. The van der Waals surface area contributed by atoms with Crippen molar-refractivity contribution in [3.63, 3.8) is 0 Å². The monoisotopic (exact) mass is 383 g/mol. The number of Topliss-reactive ketones (excluding diaryl/α,β-unsaturated/α-hetero) is 1. The van der Waals surface area contributed by atoms with Gasteiger partial charge in [-0.3, -0.25) is 4.79 Å². The molecule has 0 aromatic heterocycles. The molecule has 1 atom stereocenters. The molecule has 1 N–H and O–H groups in total. The summed E-state index contributed by atoms with van der Waals surface area (Å²) in [6.45, 7) is 2.04. The van der Waals surface area contributed by atoms with Gasteiger partial charge < -0.3 is 5.32 Å². The van der Waals surface area contributed by atoms with Gasteiger partial charge in [0.15, 0.2) is 5.78 Å². The maximum absolute atomic E-state index is 12.7. The van der Waals surface area contributed by atoms with E-state index in [0.717, 1.165) is 11.3 Å². The van der Waals surface area contributed by atoms with Gasteiger partial charge >= 0.3 is 0 Å². The van der Waals surface area contributed by atoms with Crippen molar-refractivity contribution in [1.82, 2.24) is 0 Å². The Labute approximate surface area is 163 Å². The smallest absolute Gasteiger partial charge is 0.165 e. The molecular formula is C22H19Cl2NO. The van der Waals surface area contributed by atoms with Gasteiger partial charge in [0.25, 0.3) is 0 Å². The molecule has 0 aliphatic heterocycles. The van der Waals surface area contributed by atoms with Crippen molar-refractivity contribution >= 4 is 34.7 Å². The fraction of sp³-hybridized carbons (Fsp3) is 0.136. The molecule has 4 heteroatoms. The predicted molar refractivity (Wildman–Crippen MR) is 109 cm³/mol. The number of carbonyl (C=O) groups is 1. The van der Waals surface area contributed by atoms with Gasteiger partial charge in [-0.25, -0.2) is 0 Å². The van der Waals surface area contributed by atoms with Gasteiger partial charge in [-0.05, 0) is 36.8 Å². The maximum Gasteiger partial charge on any atom is 0.165 e. The molecule has 0 fully saturated rings. The SMILES string of the molecule is Cc1ccc(NC(CC(=O)c2ccccc2)c2ccc(Cl)c(Cl)c2)cc1. The third-order valence-electron chi connectivity index (χ3n) is 4.22.